The van der Waals surface area contributed by atoms with Gasteiger partial charge in [-0.1, -0.05) is 97.1 Å². The highest BCUT2D eigenvalue weighted by Gasteiger charge is 2.52. The van der Waals surface area contributed by atoms with Gasteiger partial charge in [0.05, 0.1) is 14.2 Å². The number of benzene rings is 3. The van der Waals surface area contributed by atoms with Crippen molar-refractivity contribution in [3.05, 3.63) is 131 Å². The first-order valence-corrected chi connectivity index (χ1v) is 14.1. The van der Waals surface area contributed by atoms with E-state index in [0.29, 0.717) is 12.8 Å². The molecule has 6 rings (SSSR count). The second kappa shape index (κ2) is 11.6. The van der Waals surface area contributed by atoms with Crippen molar-refractivity contribution >= 4 is 17.9 Å². The number of para-hydroxylation sites is 2. The van der Waals surface area contributed by atoms with Crippen LogP contribution in [0.1, 0.15) is 42.4 Å². The van der Waals surface area contributed by atoms with Crippen LogP contribution < -0.4 is 9.47 Å². The lowest BCUT2D eigenvalue weighted by Gasteiger charge is -2.40. The lowest BCUT2D eigenvalue weighted by molar-refractivity contribution is -0.259. The Hall–Kier alpha value is -4.35. The second-order valence-electron chi connectivity index (χ2n) is 10.5. The summed E-state index contributed by atoms with van der Waals surface area (Å²) < 4.78 is 24.7. The van der Waals surface area contributed by atoms with Crippen molar-refractivity contribution in [2.75, 3.05) is 14.2 Å². The van der Waals surface area contributed by atoms with Crippen molar-refractivity contribution in [3.63, 3.8) is 0 Å². The molecule has 2 bridgehead atoms. The first-order valence-electron chi connectivity index (χ1n) is 14.1. The number of hydrogen-bond acceptors (Lipinski definition) is 5. The minimum Gasteiger partial charge on any atom is -0.496 e. The molecule has 0 N–H and O–H groups in total. The molecule has 1 aliphatic carbocycles. The van der Waals surface area contributed by atoms with Crippen molar-refractivity contribution < 1.29 is 23.7 Å². The summed E-state index contributed by atoms with van der Waals surface area (Å²) in [6.45, 7) is 0. The van der Waals surface area contributed by atoms with E-state index in [1.807, 2.05) is 97.1 Å². The molecule has 0 aromatic heterocycles. The number of hydrogen-bond donors (Lipinski definition) is 0. The van der Waals surface area contributed by atoms with E-state index < -0.39 is 11.9 Å². The Labute approximate surface area is 241 Å². The first-order chi connectivity index (χ1) is 20.1. The fourth-order valence-corrected chi connectivity index (χ4v) is 6.03. The van der Waals surface area contributed by atoms with Gasteiger partial charge in [-0.25, -0.2) is 0 Å². The number of carbonyl (C=O) groups excluding carboxylic acids is 1. The molecule has 1 unspecified atom stereocenters. The molecule has 208 valence electrons. The van der Waals surface area contributed by atoms with Gasteiger partial charge in [0.1, 0.15) is 23.4 Å². The molecule has 3 aromatic carbocycles. The average Bonchev–Trinajstić information content (AvgIpc) is 3.35. The zero-order chi connectivity index (χ0) is 28.2. The smallest absolute Gasteiger partial charge is 0.238 e. The van der Waals surface area contributed by atoms with Gasteiger partial charge in [0.15, 0.2) is 5.78 Å². The molecule has 2 aliphatic heterocycles. The first kappa shape index (κ1) is 26.9. The minimum atomic E-state index is -1.02. The van der Waals surface area contributed by atoms with E-state index in [4.69, 9.17) is 18.9 Å². The van der Waals surface area contributed by atoms with Crippen LogP contribution in [0.25, 0.3) is 12.2 Å². The maximum Gasteiger partial charge on any atom is 0.238 e. The van der Waals surface area contributed by atoms with Gasteiger partial charge in [-0.05, 0) is 36.1 Å². The van der Waals surface area contributed by atoms with Crippen LogP contribution in [0.5, 0.6) is 11.5 Å². The number of allylic oxidation sites excluding steroid dienone is 3. The number of ether oxygens (including phenoxy) is 4. The van der Waals surface area contributed by atoms with Crippen molar-refractivity contribution in [3.8, 4) is 11.5 Å². The van der Waals surface area contributed by atoms with Gasteiger partial charge in [-0.2, -0.15) is 0 Å². The molecule has 5 nitrogen and oxygen atoms in total. The predicted molar refractivity (Wildman–Crippen MR) is 160 cm³/mol. The number of methoxy groups -OCH3 is 2. The van der Waals surface area contributed by atoms with Gasteiger partial charge in [0, 0.05) is 35.4 Å². The quantitative estimate of drug-likeness (QED) is 0.305. The molecular formula is C36H34O5. The van der Waals surface area contributed by atoms with Crippen LogP contribution in [-0.4, -0.2) is 26.1 Å². The Morgan fingerprint density at radius 2 is 1.46 bits per heavy atom. The van der Waals surface area contributed by atoms with Crippen LogP contribution in [0.2, 0.25) is 0 Å². The summed E-state index contributed by atoms with van der Waals surface area (Å²) in [5, 5.41) is 0. The largest absolute Gasteiger partial charge is 0.496 e. The van der Waals surface area contributed by atoms with Crippen LogP contribution in [0, 0.1) is 5.92 Å². The number of carbonyl (C=O) groups is 1. The van der Waals surface area contributed by atoms with Gasteiger partial charge in [0.2, 0.25) is 5.79 Å². The molecule has 0 spiro atoms. The van der Waals surface area contributed by atoms with Gasteiger partial charge in [-0.15, -0.1) is 0 Å². The lowest BCUT2D eigenvalue weighted by atomic mass is 9.85. The van der Waals surface area contributed by atoms with E-state index in [1.165, 1.54) is 0 Å². The molecule has 3 atom stereocenters. The molecular weight excluding hydrogens is 512 g/mol. The Morgan fingerprint density at radius 1 is 0.805 bits per heavy atom. The molecule has 0 radical (unpaired) electrons. The van der Waals surface area contributed by atoms with Crippen LogP contribution >= 0.6 is 0 Å². The lowest BCUT2D eigenvalue weighted by Crippen LogP contribution is -2.46. The number of ketones is 1. The molecule has 3 aromatic rings. The zero-order valence-electron chi connectivity index (χ0n) is 23.4. The van der Waals surface area contributed by atoms with Crippen LogP contribution in [0.4, 0.5) is 0 Å². The van der Waals surface area contributed by atoms with E-state index >= 15 is 0 Å². The topological polar surface area (TPSA) is 54.0 Å². The molecule has 2 heterocycles. The van der Waals surface area contributed by atoms with E-state index in [0.717, 1.165) is 57.9 Å². The Morgan fingerprint density at radius 3 is 2.17 bits per heavy atom. The number of Topliss-reactive ketones (excluding diaryl/α,β-unsaturated/α-hetero) is 1. The summed E-state index contributed by atoms with van der Waals surface area (Å²) in [5.74, 6) is 1.28. The maximum absolute atomic E-state index is 13.4. The molecule has 5 heteroatoms. The highest BCUT2D eigenvalue weighted by atomic mass is 16.7. The summed E-state index contributed by atoms with van der Waals surface area (Å²) in [7, 11) is 3.35. The average molecular weight is 547 g/mol. The summed E-state index contributed by atoms with van der Waals surface area (Å²) in [6, 6.07) is 25.8. The highest BCUT2D eigenvalue weighted by molar-refractivity contribution is 5.85. The molecule has 1 fully saturated rings. The Bertz CT molecular complexity index is 1550. The molecule has 41 heavy (non-hydrogen) atoms. The normalized spacial score (nSPS) is 24.9. The zero-order valence-corrected chi connectivity index (χ0v) is 23.4. The molecule has 0 saturated carbocycles. The molecule has 3 aliphatic rings. The van der Waals surface area contributed by atoms with Crippen molar-refractivity contribution in [1.29, 1.82) is 0 Å². The van der Waals surface area contributed by atoms with E-state index in [1.54, 1.807) is 14.2 Å². The van der Waals surface area contributed by atoms with Crippen molar-refractivity contribution in [1.82, 2.24) is 0 Å². The standard InChI is InChI=1S/C36H34O5/c1-38-32-17-8-6-11-25(32)13-10-14-27-20-22-29-30(21-19-26-12-7-9-18-33(26)39-2)35-31(37)23-24-36(41-35,40-34(27)29)28-15-4-3-5-16-28/h3-19,21,30,35H,20,22-24H2,1-2H3/b13-10+,21-19+,27-14+/t30?,35-,36+/m1/s1. The SMILES string of the molecule is COc1ccccc1/C=C/C=C1\CCC2=C1O[C@@]1(c3ccccc3)CCC(=O)[C@H](O1)C2/C=C/c1ccccc1OC. The number of rotatable bonds is 7. The summed E-state index contributed by atoms with van der Waals surface area (Å²) in [5.41, 5.74) is 5.08. The predicted octanol–water partition coefficient (Wildman–Crippen LogP) is 7.65. The monoisotopic (exact) mass is 546 g/mol. The van der Waals surface area contributed by atoms with E-state index in [9.17, 15) is 4.79 Å². The summed E-state index contributed by atoms with van der Waals surface area (Å²) in [4.78, 5) is 13.4. The van der Waals surface area contributed by atoms with Gasteiger partial charge >= 0.3 is 0 Å². The third-order valence-corrected chi connectivity index (χ3v) is 8.13. The number of fused-ring (bicyclic) bond motifs is 2. The Kier molecular flexibility index (Phi) is 7.62. The fourth-order valence-electron chi connectivity index (χ4n) is 6.03. The van der Waals surface area contributed by atoms with Gasteiger partial charge < -0.3 is 18.9 Å². The summed E-state index contributed by atoms with van der Waals surface area (Å²) >= 11 is 0. The van der Waals surface area contributed by atoms with Gasteiger partial charge in [-0.3, -0.25) is 4.79 Å². The Balaban J connectivity index is 1.43. The van der Waals surface area contributed by atoms with E-state index in [2.05, 4.69) is 12.2 Å². The van der Waals surface area contributed by atoms with Crippen LogP contribution in [-0.2, 0) is 20.1 Å². The van der Waals surface area contributed by atoms with Crippen LogP contribution in [0.3, 0.4) is 0 Å². The third kappa shape index (κ3) is 5.25. The molecule has 0 amide bonds. The van der Waals surface area contributed by atoms with Gasteiger partial charge in [0.25, 0.3) is 0 Å². The fraction of sp³-hybridized carbons (Fsp3) is 0.250. The maximum atomic E-state index is 13.4. The summed E-state index contributed by atoms with van der Waals surface area (Å²) in [6.07, 6.45) is 12.2. The minimum absolute atomic E-state index is 0.108. The van der Waals surface area contributed by atoms with Crippen molar-refractivity contribution in [2.45, 2.75) is 37.6 Å². The third-order valence-electron chi connectivity index (χ3n) is 8.13. The highest BCUT2D eigenvalue weighted by Crippen LogP contribution is 2.51. The second-order valence-corrected chi connectivity index (χ2v) is 10.5. The molecule has 1 saturated heterocycles. The van der Waals surface area contributed by atoms with E-state index in [-0.39, 0.29) is 11.7 Å². The van der Waals surface area contributed by atoms with Crippen molar-refractivity contribution in [2.24, 2.45) is 5.92 Å². The van der Waals surface area contributed by atoms with Crippen LogP contribution in [0.15, 0.2) is 114 Å².